The van der Waals surface area contributed by atoms with Crippen LogP contribution in [0.5, 0.6) is 5.75 Å². The van der Waals surface area contributed by atoms with Gasteiger partial charge in [0.25, 0.3) is 0 Å². The number of dihydropyridines is 1. The van der Waals surface area contributed by atoms with Gasteiger partial charge in [0.1, 0.15) is 16.7 Å². The third kappa shape index (κ3) is 4.99. The van der Waals surface area contributed by atoms with Crippen molar-refractivity contribution in [3.8, 4) is 16.3 Å². The SMILES string of the molecule is CN(C(=O)Oc1c(-c2nccs2)cc(C(F)(F)F)cc1C(F)(F)F)C1=CC=C(F)C(Cl)N1. The second kappa shape index (κ2) is 8.62. The first-order valence-electron chi connectivity index (χ1n) is 8.45. The summed E-state index contributed by atoms with van der Waals surface area (Å²) >= 11 is 6.42. The molecule has 0 spiro atoms. The molecule has 1 atom stereocenters. The van der Waals surface area contributed by atoms with Crippen LogP contribution in [-0.4, -0.2) is 28.5 Å². The van der Waals surface area contributed by atoms with Gasteiger partial charge in [0.05, 0.1) is 16.7 Å². The van der Waals surface area contributed by atoms with Gasteiger partial charge in [-0.05, 0) is 24.3 Å². The molecule has 0 saturated heterocycles. The largest absolute Gasteiger partial charge is 0.420 e. The topological polar surface area (TPSA) is 54.5 Å². The number of nitrogens with zero attached hydrogens (tertiary/aromatic N) is 2. The van der Waals surface area contributed by atoms with E-state index in [-0.39, 0.29) is 16.9 Å². The fraction of sp³-hybridized carbons (Fsp3) is 0.222. The lowest BCUT2D eigenvalue weighted by atomic mass is 10.0. The minimum atomic E-state index is -5.29. The second-order valence-electron chi connectivity index (χ2n) is 6.27. The van der Waals surface area contributed by atoms with Crippen molar-refractivity contribution in [2.75, 3.05) is 7.05 Å². The number of hydrogen-bond acceptors (Lipinski definition) is 5. The van der Waals surface area contributed by atoms with Crippen molar-refractivity contribution >= 4 is 29.0 Å². The van der Waals surface area contributed by atoms with Crippen molar-refractivity contribution in [1.29, 1.82) is 0 Å². The van der Waals surface area contributed by atoms with Crippen molar-refractivity contribution in [3.05, 3.63) is 58.6 Å². The molecule has 3 rings (SSSR count). The highest BCUT2D eigenvalue weighted by atomic mass is 35.5. The van der Waals surface area contributed by atoms with Gasteiger partial charge in [0.2, 0.25) is 0 Å². The van der Waals surface area contributed by atoms with Gasteiger partial charge in [-0.15, -0.1) is 11.3 Å². The maximum absolute atomic E-state index is 13.7. The minimum Gasteiger partial charge on any atom is -0.409 e. The molecule has 32 heavy (non-hydrogen) atoms. The zero-order chi connectivity index (χ0) is 23.8. The summed E-state index contributed by atoms with van der Waals surface area (Å²) in [6, 6.07) is 0.270. The van der Waals surface area contributed by atoms with Crippen LogP contribution in [0.4, 0.5) is 35.5 Å². The number of ether oxygens (including phenoxy) is 1. The highest BCUT2D eigenvalue weighted by Crippen LogP contribution is 2.46. The summed E-state index contributed by atoms with van der Waals surface area (Å²) < 4.78 is 99.0. The van der Waals surface area contributed by atoms with Crippen LogP contribution in [0.15, 0.2) is 47.5 Å². The quantitative estimate of drug-likeness (QED) is 0.312. The summed E-state index contributed by atoms with van der Waals surface area (Å²) in [5.41, 5.74) is -5.42. The zero-order valence-electron chi connectivity index (χ0n) is 15.7. The van der Waals surface area contributed by atoms with Crippen LogP contribution in [0.2, 0.25) is 0 Å². The Kier molecular flexibility index (Phi) is 6.43. The number of carbonyl (C=O) groups is 1. The number of allylic oxidation sites excluding steroid dienone is 2. The van der Waals surface area contributed by atoms with E-state index in [1.165, 1.54) is 11.6 Å². The van der Waals surface area contributed by atoms with E-state index < -0.39 is 52.2 Å². The van der Waals surface area contributed by atoms with Gasteiger partial charge in [-0.1, -0.05) is 11.6 Å². The van der Waals surface area contributed by atoms with Gasteiger partial charge in [-0.3, -0.25) is 4.90 Å². The summed E-state index contributed by atoms with van der Waals surface area (Å²) in [6.45, 7) is 0. The lowest BCUT2D eigenvalue weighted by Crippen LogP contribution is -2.40. The van der Waals surface area contributed by atoms with Crippen LogP contribution < -0.4 is 10.1 Å². The van der Waals surface area contributed by atoms with Crippen LogP contribution in [-0.2, 0) is 12.4 Å². The molecule has 172 valence electrons. The van der Waals surface area contributed by atoms with Crippen LogP contribution in [0.25, 0.3) is 10.6 Å². The molecular weight excluding hydrogens is 491 g/mol. The third-order valence-electron chi connectivity index (χ3n) is 4.13. The number of aromatic nitrogens is 1. The summed E-state index contributed by atoms with van der Waals surface area (Å²) in [5.74, 6) is -2.05. The van der Waals surface area contributed by atoms with Gasteiger partial charge in [0.15, 0.2) is 11.3 Å². The van der Waals surface area contributed by atoms with Crippen LogP contribution >= 0.6 is 22.9 Å². The highest BCUT2D eigenvalue weighted by molar-refractivity contribution is 7.13. The van der Waals surface area contributed by atoms with Crippen molar-refractivity contribution in [2.24, 2.45) is 0 Å². The van der Waals surface area contributed by atoms with E-state index in [2.05, 4.69) is 10.3 Å². The number of benzene rings is 1. The first-order chi connectivity index (χ1) is 14.8. The second-order valence-corrected chi connectivity index (χ2v) is 7.60. The Labute approximate surface area is 184 Å². The first-order valence-corrected chi connectivity index (χ1v) is 9.76. The smallest absolute Gasteiger partial charge is 0.409 e. The molecular formula is C18H11ClF7N3O2S. The van der Waals surface area contributed by atoms with Crippen LogP contribution in [0, 0.1) is 0 Å². The van der Waals surface area contributed by atoms with E-state index in [1.54, 1.807) is 0 Å². The number of rotatable bonds is 3. The summed E-state index contributed by atoms with van der Waals surface area (Å²) in [4.78, 5) is 17.0. The Hall–Kier alpha value is -2.80. The van der Waals surface area contributed by atoms with E-state index >= 15 is 0 Å². The Bertz CT molecular complexity index is 1080. The van der Waals surface area contributed by atoms with Gasteiger partial charge in [-0.25, -0.2) is 14.2 Å². The van der Waals surface area contributed by atoms with Gasteiger partial charge in [0, 0.05) is 18.6 Å². The number of thiazole rings is 1. The molecule has 1 amide bonds. The molecule has 14 heteroatoms. The predicted octanol–water partition coefficient (Wildman–Crippen LogP) is 6.14. The number of hydrogen-bond donors (Lipinski definition) is 1. The number of carbonyl (C=O) groups excluding carboxylic acids is 1. The number of amides is 1. The Balaban J connectivity index is 2.09. The van der Waals surface area contributed by atoms with E-state index in [0.29, 0.717) is 11.0 Å². The van der Waals surface area contributed by atoms with E-state index in [0.717, 1.165) is 30.5 Å². The molecule has 2 aromatic rings. The first kappa shape index (κ1) is 23.9. The molecule has 1 aromatic carbocycles. The molecule has 1 unspecified atom stereocenters. The fourth-order valence-electron chi connectivity index (χ4n) is 2.58. The molecule has 0 bridgehead atoms. The van der Waals surface area contributed by atoms with Gasteiger partial charge in [-0.2, -0.15) is 26.3 Å². The van der Waals surface area contributed by atoms with E-state index in [9.17, 15) is 35.5 Å². The maximum Gasteiger partial charge on any atom is 0.420 e. The molecule has 0 saturated carbocycles. The lowest BCUT2D eigenvalue weighted by Gasteiger charge is -2.26. The standard InChI is InChI=1S/C18H11ClF7N3O2S/c1-29(12-3-2-11(20)14(19)28-12)16(30)31-13-9(15-27-4-5-32-15)6-8(17(21,22)23)7-10(13)18(24,25)26/h2-7,14,28H,1H3. The lowest BCUT2D eigenvalue weighted by molar-refractivity contribution is -0.143. The maximum atomic E-state index is 13.7. The van der Waals surface area contributed by atoms with E-state index in [1.807, 2.05) is 0 Å². The third-order valence-corrected chi connectivity index (χ3v) is 5.25. The predicted molar refractivity (Wildman–Crippen MR) is 101 cm³/mol. The van der Waals surface area contributed by atoms with Gasteiger partial charge >= 0.3 is 18.4 Å². The summed E-state index contributed by atoms with van der Waals surface area (Å²) in [7, 11) is 1.09. The molecule has 0 aliphatic carbocycles. The van der Waals surface area contributed by atoms with Crippen molar-refractivity contribution in [3.63, 3.8) is 0 Å². The Morgan fingerprint density at radius 1 is 1.19 bits per heavy atom. The van der Waals surface area contributed by atoms with Crippen molar-refractivity contribution in [1.82, 2.24) is 15.2 Å². The summed E-state index contributed by atoms with van der Waals surface area (Å²) in [6.07, 6.45) is -8.62. The van der Waals surface area contributed by atoms with Crippen molar-refractivity contribution in [2.45, 2.75) is 17.9 Å². The molecule has 0 fully saturated rings. The van der Waals surface area contributed by atoms with Crippen LogP contribution in [0.1, 0.15) is 11.1 Å². The number of nitrogens with one attached hydrogen (secondary N) is 1. The molecule has 1 aliphatic rings. The molecule has 2 heterocycles. The minimum absolute atomic E-state index is 0.118. The molecule has 5 nitrogen and oxygen atoms in total. The average molecular weight is 502 g/mol. The van der Waals surface area contributed by atoms with Crippen molar-refractivity contribution < 1.29 is 40.3 Å². The Morgan fingerprint density at radius 2 is 1.88 bits per heavy atom. The van der Waals surface area contributed by atoms with E-state index in [4.69, 9.17) is 16.3 Å². The molecule has 1 N–H and O–H groups in total. The fourth-order valence-corrected chi connectivity index (χ4v) is 3.42. The number of halogens is 8. The number of alkyl halides is 7. The molecule has 0 radical (unpaired) electrons. The van der Waals surface area contributed by atoms with Gasteiger partial charge < -0.3 is 10.1 Å². The Morgan fingerprint density at radius 3 is 2.41 bits per heavy atom. The normalized spacial score (nSPS) is 16.7. The monoisotopic (exact) mass is 501 g/mol. The summed E-state index contributed by atoms with van der Waals surface area (Å²) in [5, 5.41) is 3.48. The molecule has 1 aliphatic heterocycles. The zero-order valence-corrected chi connectivity index (χ0v) is 17.3. The highest BCUT2D eigenvalue weighted by Gasteiger charge is 2.42. The molecule has 1 aromatic heterocycles. The van der Waals surface area contributed by atoms with Crippen LogP contribution in [0.3, 0.4) is 0 Å². The average Bonchev–Trinajstić information content (AvgIpc) is 3.22.